The van der Waals surface area contributed by atoms with Gasteiger partial charge in [-0.2, -0.15) is 9.61 Å². The van der Waals surface area contributed by atoms with Crippen LogP contribution in [-0.4, -0.2) is 70.2 Å². The molecule has 0 saturated carbocycles. The van der Waals surface area contributed by atoms with Gasteiger partial charge >= 0.3 is 0 Å². The Morgan fingerprint density at radius 2 is 1.81 bits per heavy atom. The van der Waals surface area contributed by atoms with Crippen LogP contribution in [0.2, 0.25) is 0 Å². The first kappa shape index (κ1) is 25.4. The third kappa shape index (κ3) is 4.02. The summed E-state index contributed by atoms with van der Waals surface area (Å²) in [5, 5.41) is 12.2. The van der Waals surface area contributed by atoms with E-state index in [-0.39, 0.29) is 48.1 Å². The van der Waals surface area contributed by atoms with Crippen LogP contribution in [0.5, 0.6) is 11.5 Å². The molecular weight excluding hydrogens is 550 g/mol. The van der Waals surface area contributed by atoms with Gasteiger partial charge in [0.15, 0.2) is 22.9 Å². The largest absolute Gasteiger partial charge is 0.454 e. The molecule has 13 heteroatoms. The van der Waals surface area contributed by atoms with Crippen molar-refractivity contribution in [3.63, 3.8) is 0 Å². The minimum absolute atomic E-state index is 0.0118. The predicted molar refractivity (Wildman–Crippen MR) is 154 cm³/mol. The average molecular weight is 578 g/mol. The lowest BCUT2D eigenvalue weighted by Gasteiger charge is -2.38. The van der Waals surface area contributed by atoms with Crippen molar-refractivity contribution in [2.75, 3.05) is 12.5 Å². The van der Waals surface area contributed by atoms with Gasteiger partial charge in [-0.3, -0.25) is 14.6 Å². The molecule has 0 radical (unpaired) electrons. The van der Waals surface area contributed by atoms with Gasteiger partial charge in [0.25, 0.3) is 5.91 Å². The van der Waals surface area contributed by atoms with Crippen LogP contribution in [0, 0.1) is 0 Å². The summed E-state index contributed by atoms with van der Waals surface area (Å²) in [5.41, 5.74) is 11.5. The predicted octanol–water partition coefficient (Wildman–Crippen LogP) is 3.64. The monoisotopic (exact) mass is 577 g/mol. The number of pyridine rings is 1. The quantitative estimate of drug-likeness (QED) is 0.294. The molecular formula is C30H27N9O4. The number of benzene rings is 1. The van der Waals surface area contributed by atoms with E-state index >= 15 is 0 Å². The summed E-state index contributed by atoms with van der Waals surface area (Å²) in [4.78, 5) is 40.6. The first-order valence-electron chi connectivity index (χ1n) is 14.2. The number of carbonyl (C=O) groups excluding carboxylic acids is 2. The van der Waals surface area contributed by atoms with Gasteiger partial charge in [-0.15, -0.1) is 10.2 Å². The van der Waals surface area contributed by atoms with E-state index in [9.17, 15) is 9.59 Å². The Hall–Kier alpha value is -5.33. The highest BCUT2D eigenvalue weighted by Crippen LogP contribution is 2.45. The molecule has 1 amide bonds. The zero-order valence-corrected chi connectivity index (χ0v) is 23.2. The summed E-state index contributed by atoms with van der Waals surface area (Å²) >= 11 is 0. The van der Waals surface area contributed by atoms with Crippen LogP contribution < -0.4 is 15.2 Å². The summed E-state index contributed by atoms with van der Waals surface area (Å²) in [6.45, 7) is 1.72. The highest BCUT2D eigenvalue weighted by molar-refractivity contribution is 6.00. The average Bonchev–Trinajstić information content (AvgIpc) is 3.83. The Balaban J connectivity index is 1.14. The van der Waals surface area contributed by atoms with Crippen LogP contribution in [0.4, 0.5) is 5.82 Å². The van der Waals surface area contributed by atoms with E-state index in [1.54, 1.807) is 12.4 Å². The van der Waals surface area contributed by atoms with E-state index in [4.69, 9.17) is 25.2 Å². The zero-order chi connectivity index (χ0) is 29.2. The number of Topliss-reactive ketones (excluding diaryl/α,β-unsaturated/α-hetero) is 1. The Labute approximate surface area is 245 Å². The van der Waals surface area contributed by atoms with E-state index in [0.29, 0.717) is 35.5 Å². The maximum atomic E-state index is 13.2. The SMILES string of the molecule is CC(=O)c1c([C@@H]2C[C@H]3CC[C@@H](C2)N3C(=O)c2nnc[nH]2)nc2c(-c3ccc(-c4ccc5c(c4)OCO5)nc3)cnn2c1N. The number of ketones is 1. The number of piperidine rings is 1. The molecule has 3 aliphatic heterocycles. The molecule has 2 bridgehead atoms. The van der Waals surface area contributed by atoms with Crippen molar-refractivity contribution in [2.45, 2.75) is 50.6 Å². The Morgan fingerprint density at radius 1 is 1.02 bits per heavy atom. The number of anilines is 1. The summed E-state index contributed by atoms with van der Waals surface area (Å²) in [6.07, 6.45) is 8.00. The number of carbonyl (C=O) groups is 2. The van der Waals surface area contributed by atoms with Crippen LogP contribution in [-0.2, 0) is 0 Å². The van der Waals surface area contributed by atoms with E-state index in [1.807, 2.05) is 35.2 Å². The van der Waals surface area contributed by atoms with E-state index in [0.717, 1.165) is 41.0 Å². The van der Waals surface area contributed by atoms with Crippen LogP contribution in [0.3, 0.4) is 0 Å². The van der Waals surface area contributed by atoms with Crippen molar-refractivity contribution >= 4 is 23.2 Å². The number of hydrogen-bond donors (Lipinski definition) is 2. The number of hydrogen-bond acceptors (Lipinski definition) is 10. The highest BCUT2D eigenvalue weighted by Gasteiger charge is 2.45. The molecule has 0 spiro atoms. The minimum atomic E-state index is -0.166. The van der Waals surface area contributed by atoms with Crippen molar-refractivity contribution in [2.24, 2.45) is 0 Å². The van der Waals surface area contributed by atoms with Gasteiger partial charge < -0.3 is 25.1 Å². The van der Waals surface area contributed by atoms with Gasteiger partial charge in [0.1, 0.15) is 12.1 Å². The van der Waals surface area contributed by atoms with Crippen molar-refractivity contribution in [1.29, 1.82) is 0 Å². The maximum absolute atomic E-state index is 13.2. The Morgan fingerprint density at radius 3 is 2.53 bits per heavy atom. The Kier molecular flexibility index (Phi) is 5.67. The molecule has 7 heterocycles. The highest BCUT2D eigenvalue weighted by atomic mass is 16.7. The molecule has 8 rings (SSSR count). The lowest BCUT2D eigenvalue weighted by atomic mass is 9.85. The first-order valence-corrected chi connectivity index (χ1v) is 14.2. The molecule has 13 nitrogen and oxygen atoms in total. The normalized spacial score (nSPS) is 20.6. The topological polar surface area (TPSA) is 167 Å². The molecule has 5 aromatic rings. The molecule has 4 aromatic heterocycles. The number of aromatic nitrogens is 7. The van der Waals surface area contributed by atoms with Crippen LogP contribution in [0.15, 0.2) is 49.1 Å². The van der Waals surface area contributed by atoms with Gasteiger partial charge in [0.2, 0.25) is 12.6 Å². The fourth-order valence-corrected chi connectivity index (χ4v) is 6.84. The summed E-state index contributed by atoms with van der Waals surface area (Å²) in [5.74, 6) is 1.56. The molecule has 43 heavy (non-hydrogen) atoms. The number of rotatable bonds is 5. The third-order valence-electron chi connectivity index (χ3n) is 8.78. The van der Waals surface area contributed by atoms with Crippen molar-refractivity contribution < 1.29 is 19.1 Å². The van der Waals surface area contributed by atoms with E-state index < -0.39 is 0 Å². The fourth-order valence-electron chi connectivity index (χ4n) is 6.84. The van der Waals surface area contributed by atoms with Gasteiger partial charge in [-0.05, 0) is 56.9 Å². The minimum Gasteiger partial charge on any atom is -0.454 e. The molecule has 3 aliphatic rings. The van der Waals surface area contributed by atoms with Gasteiger partial charge in [0.05, 0.1) is 23.1 Å². The number of nitrogens with zero attached hydrogens (tertiary/aromatic N) is 7. The molecule has 3 atom stereocenters. The molecule has 2 fully saturated rings. The van der Waals surface area contributed by atoms with E-state index in [1.165, 1.54) is 17.8 Å². The number of aromatic amines is 1. The van der Waals surface area contributed by atoms with Crippen LogP contribution in [0.1, 0.15) is 65.2 Å². The van der Waals surface area contributed by atoms with Gasteiger partial charge in [-0.1, -0.05) is 6.07 Å². The second kappa shape index (κ2) is 9.61. The number of fused-ring (bicyclic) bond motifs is 4. The molecule has 1 aromatic carbocycles. The molecule has 216 valence electrons. The molecule has 0 aliphatic carbocycles. The van der Waals surface area contributed by atoms with E-state index in [2.05, 4.69) is 20.3 Å². The second-order valence-electron chi connectivity index (χ2n) is 11.2. The number of amides is 1. The summed E-state index contributed by atoms with van der Waals surface area (Å²) in [7, 11) is 0. The summed E-state index contributed by atoms with van der Waals surface area (Å²) in [6, 6.07) is 9.66. The van der Waals surface area contributed by atoms with Crippen molar-refractivity contribution in [1.82, 2.24) is 39.7 Å². The molecule has 0 unspecified atom stereocenters. The van der Waals surface area contributed by atoms with Gasteiger partial charge in [0, 0.05) is 40.9 Å². The second-order valence-corrected chi connectivity index (χ2v) is 11.2. The smallest absolute Gasteiger partial charge is 0.292 e. The maximum Gasteiger partial charge on any atom is 0.292 e. The van der Waals surface area contributed by atoms with Crippen LogP contribution >= 0.6 is 0 Å². The van der Waals surface area contributed by atoms with Gasteiger partial charge in [-0.25, -0.2) is 4.98 Å². The molecule has 3 N–H and O–H groups in total. The van der Waals surface area contributed by atoms with Crippen molar-refractivity contribution in [3.8, 4) is 33.9 Å². The lowest BCUT2D eigenvalue weighted by molar-refractivity contribution is 0.0556. The number of nitrogen functional groups attached to an aromatic ring is 1. The lowest BCUT2D eigenvalue weighted by Crippen LogP contribution is -2.46. The Bertz CT molecular complexity index is 1890. The standard InChI is InChI=1S/C30H27N9O4/c1-15(40)25-26(18-8-19-4-5-20(9-18)38(19)30(41)28-33-13-34-37-28)36-29-21(12-35-39(29)27(25)31)17-2-6-22(32-11-17)16-3-7-23-24(10-16)43-14-42-23/h2-3,6-7,10-13,18-20H,4-5,8-9,14,31H2,1H3,(H,33,34,37)/t18-,19-,20+. The summed E-state index contributed by atoms with van der Waals surface area (Å²) < 4.78 is 12.5. The zero-order valence-electron chi connectivity index (χ0n) is 23.2. The first-order chi connectivity index (χ1) is 21.0. The molecule has 2 saturated heterocycles. The number of H-pyrrole nitrogens is 1. The third-order valence-corrected chi connectivity index (χ3v) is 8.78. The van der Waals surface area contributed by atoms with Crippen LogP contribution in [0.25, 0.3) is 28.0 Å². The number of ether oxygens (including phenoxy) is 2. The number of nitrogens with two attached hydrogens (primary N) is 1. The number of nitrogens with one attached hydrogen (secondary N) is 1. The van der Waals surface area contributed by atoms with Crippen molar-refractivity contribution in [3.05, 3.63) is 66.1 Å². The fraction of sp³-hybridized carbons (Fsp3) is 0.300.